The van der Waals surface area contributed by atoms with Crippen molar-refractivity contribution in [1.29, 1.82) is 0 Å². The molecule has 0 atom stereocenters. The number of hydrogen-bond acceptors (Lipinski definition) is 1. The molecule has 164 valence electrons. The van der Waals surface area contributed by atoms with Crippen molar-refractivity contribution in [2.45, 2.75) is 45.4 Å². The summed E-state index contributed by atoms with van der Waals surface area (Å²) in [5.41, 5.74) is 10.5. The van der Waals surface area contributed by atoms with Crippen LogP contribution in [0.2, 0.25) is 0 Å². The number of nitrogens with zero attached hydrogens (tertiary/aromatic N) is 1. The minimum absolute atomic E-state index is 0.492. The lowest BCUT2D eigenvalue weighted by atomic mass is 9.90. The van der Waals surface area contributed by atoms with Crippen molar-refractivity contribution in [3.8, 4) is 5.69 Å². The monoisotopic (exact) mass is 430 g/mol. The Morgan fingerprint density at radius 3 is 2.39 bits per heavy atom. The van der Waals surface area contributed by atoms with Crippen molar-refractivity contribution in [3.63, 3.8) is 0 Å². The second kappa shape index (κ2) is 8.12. The zero-order valence-corrected chi connectivity index (χ0v) is 19.4. The molecule has 33 heavy (non-hydrogen) atoms. The van der Waals surface area contributed by atoms with E-state index in [2.05, 4.69) is 109 Å². The van der Waals surface area contributed by atoms with Crippen molar-refractivity contribution < 1.29 is 0 Å². The number of hydrogen-bond donors (Lipinski definition) is 1. The molecule has 5 aromatic rings. The molecule has 2 heteroatoms. The third-order valence-corrected chi connectivity index (χ3v) is 7.16. The van der Waals surface area contributed by atoms with Crippen LogP contribution >= 0.6 is 0 Å². The number of aromatic nitrogens is 1. The van der Waals surface area contributed by atoms with E-state index in [4.69, 9.17) is 0 Å². The first-order valence-corrected chi connectivity index (χ1v) is 12.2. The Hall–Kier alpha value is -3.52. The first-order valence-electron chi connectivity index (χ1n) is 12.2. The molecule has 1 N–H and O–H groups in total. The molecule has 0 radical (unpaired) electrons. The Morgan fingerprint density at radius 2 is 1.48 bits per heavy atom. The molecule has 0 unspecified atom stereocenters. The first-order chi connectivity index (χ1) is 16.2. The minimum Gasteiger partial charge on any atom is -0.354 e. The summed E-state index contributed by atoms with van der Waals surface area (Å²) in [6.45, 7) is 4.52. The highest BCUT2D eigenvalue weighted by atomic mass is 15.0. The molecule has 0 spiro atoms. The third-order valence-electron chi connectivity index (χ3n) is 7.16. The van der Waals surface area contributed by atoms with Gasteiger partial charge in [0, 0.05) is 22.1 Å². The van der Waals surface area contributed by atoms with Crippen LogP contribution in [-0.2, 0) is 12.8 Å². The maximum atomic E-state index is 3.86. The highest BCUT2D eigenvalue weighted by molar-refractivity contribution is 6.13. The van der Waals surface area contributed by atoms with Crippen molar-refractivity contribution in [2.75, 3.05) is 5.32 Å². The number of benzene rings is 4. The molecule has 4 aromatic carbocycles. The maximum Gasteiger partial charge on any atom is 0.0776 e. The van der Waals surface area contributed by atoms with Crippen LogP contribution in [0.15, 0.2) is 84.9 Å². The van der Waals surface area contributed by atoms with Gasteiger partial charge in [-0.05, 0) is 78.6 Å². The highest BCUT2D eigenvalue weighted by Crippen LogP contribution is 2.39. The molecule has 0 saturated heterocycles. The van der Waals surface area contributed by atoms with Gasteiger partial charge in [0.2, 0.25) is 0 Å². The normalized spacial score (nSPS) is 13.5. The molecule has 0 fully saturated rings. The molecule has 1 heterocycles. The molecule has 0 saturated carbocycles. The Balaban J connectivity index is 1.60. The Bertz CT molecular complexity index is 1470. The predicted octanol–water partition coefficient (Wildman–Crippen LogP) is 8.53. The van der Waals surface area contributed by atoms with E-state index < -0.39 is 0 Å². The molecule has 6 rings (SSSR count). The summed E-state index contributed by atoms with van der Waals surface area (Å²) in [6, 6.07) is 31.2. The van der Waals surface area contributed by atoms with Crippen LogP contribution in [0.1, 0.15) is 49.3 Å². The predicted molar refractivity (Wildman–Crippen MR) is 141 cm³/mol. The van der Waals surface area contributed by atoms with Gasteiger partial charge in [-0.2, -0.15) is 0 Å². The number of fused-ring (bicyclic) bond motifs is 4. The number of anilines is 2. The molecule has 1 aromatic heterocycles. The van der Waals surface area contributed by atoms with Crippen molar-refractivity contribution in [1.82, 2.24) is 4.57 Å². The summed E-state index contributed by atoms with van der Waals surface area (Å²) < 4.78 is 2.44. The van der Waals surface area contributed by atoms with Crippen LogP contribution in [0.5, 0.6) is 0 Å². The Kier molecular flexibility index (Phi) is 4.95. The third kappa shape index (κ3) is 3.41. The zero-order chi connectivity index (χ0) is 22.4. The average molecular weight is 431 g/mol. The lowest BCUT2D eigenvalue weighted by Gasteiger charge is -2.21. The van der Waals surface area contributed by atoms with Gasteiger partial charge in [-0.25, -0.2) is 0 Å². The quantitative estimate of drug-likeness (QED) is 0.302. The SMILES string of the molecule is CC(C)c1cccc(-n2c3ccccc3c3cccc(Nc4cccc5c4CCCC5)c32)c1. The maximum absolute atomic E-state index is 3.86. The van der Waals surface area contributed by atoms with E-state index in [1.807, 2.05) is 0 Å². The van der Waals surface area contributed by atoms with Gasteiger partial charge in [0.05, 0.1) is 16.7 Å². The Morgan fingerprint density at radius 1 is 0.727 bits per heavy atom. The van der Waals surface area contributed by atoms with Crippen LogP contribution in [0.3, 0.4) is 0 Å². The molecular formula is C31H30N2. The van der Waals surface area contributed by atoms with Crippen LogP contribution in [0.25, 0.3) is 27.5 Å². The van der Waals surface area contributed by atoms with Crippen LogP contribution < -0.4 is 5.32 Å². The number of rotatable bonds is 4. The second-order valence-corrected chi connectivity index (χ2v) is 9.58. The highest BCUT2D eigenvalue weighted by Gasteiger charge is 2.18. The van der Waals surface area contributed by atoms with Crippen LogP contribution in [0, 0.1) is 0 Å². The van der Waals surface area contributed by atoms with Gasteiger partial charge in [0.25, 0.3) is 0 Å². The van der Waals surface area contributed by atoms with Crippen molar-refractivity contribution >= 4 is 33.2 Å². The standard InChI is InChI=1S/C31H30N2/c1-21(2)23-12-7-13-24(20-23)33-30-19-6-5-15-26(30)27-16-9-18-29(31(27)33)32-28-17-8-11-22-10-3-4-14-25(22)28/h5-9,11-13,15-21,32H,3-4,10,14H2,1-2H3. The van der Waals surface area contributed by atoms with E-state index in [-0.39, 0.29) is 0 Å². The molecule has 0 aliphatic heterocycles. The van der Waals surface area contributed by atoms with Crippen LogP contribution in [0.4, 0.5) is 11.4 Å². The fraction of sp³-hybridized carbons (Fsp3) is 0.226. The summed E-state index contributed by atoms with van der Waals surface area (Å²) in [7, 11) is 0. The minimum atomic E-state index is 0.492. The Labute approximate surface area is 195 Å². The summed E-state index contributed by atoms with van der Waals surface area (Å²) >= 11 is 0. The molecule has 0 bridgehead atoms. The smallest absolute Gasteiger partial charge is 0.0776 e. The van der Waals surface area contributed by atoms with Gasteiger partial charge in [0.15, 0.2) is 0 Å². The van der Waals surface area contributed by atoms with E-state index in [0.717, 1.165) is 12.1 Å². The van der Waals surface area contributed by atoms with Gasteiger partial charge in [-0.15, -0.1) is 0 Å². The molecule has 0 amide bonds. The summed E-state index contributed by atoms with van der Waals surface area (Å²) in [6.07, 6.45) is 4.93. The molecule has 1 aliphatic rings. The van der Waals surface area contributed by atoms with Gasteiger partial charge in [-0.1, -0.05) is 68.4 Å². The van der Waals surface area contributed by atoms with E-state index in [9.17, 15) is 0 Å². The molecular weight excluding hydrogens is 400 g/mol. The van der Waals surface area contributed by atoms with Crippen molar-refractivity contribution in [3.05, 3.63) is 102 Å². The van der Waals surface area contributed by atoms with Gasteiger partial charge in [-0.3, -0.25) is 0 Å². The fourth-order valence-corrected chi connectivity index (χ4v) is 5.45. The molecule has 2 nitrogen and oxygen atoms in total. The number of nitrogens with one attached hydrogen (secondary N) is 1. The van der Waals surface area contributed by atoms with Gasteiger partial charge >= 0.3 is 0 Å². The molecule has 1 aliphatic carbocycles. The lowest BCUT2D eigenvalue weighted by Crippen LogP contribution is -2.06. The number of para-hydroxylation sites is 2. The van der Waals surface area contributed by atoms with Gasteiger partial charge in [0.1, 0.15) is 0 Å². The first kappa shape index (κ1) is 20.1. The average Bonchev–Trinajstić information content (AvgIpc) is 3.20. The summed E-state index contributed by atoms with van der Waals surface area (Å²) in [5.74, 6) is 0.492. The van der Waals surface area contributed by atoms with Crippen molar-refractivity contribution in [2.24, 2.45) is 0 Å². The van der Waals surface area contributed by atoms with E-state index in [1.165, 1.54) is 69.1 Å². The van der Waals surface area contributed by atoms with E-state index >= 15 is 0 Å². The fourth-order valence-electron chi connectivity index (χ4n) is 5.45. The van der Waals surface area contributed by atoms with E-state index in [0.29, 0.717) is 5.92 Å². The van der Waals surface area contributed by atoms with Crippen LogP contribution in [-0.4, -0.2) is 4.57 Å². The summed E-state index contributed by atoms with van der Waals surface area (Å²) in [4.78, 5) is 0. The van der Waals surface area contributed by atoms with Gasteiger partial charge < -0.3 is 9.88 Å². The topological polar surface area (TPSA) is 17.0 Å². The van der Waals surface area contributed by atoms with E-state index in [1.54, 1.807) is 0 Å². The largest absolute Gasteiger partial charge is 0.354 e. The summed E-state index contributed by atoms with van der Waals surface area (Å²) in [5, 5.41) is 6.44. The zero-order valence-electron chi connectivity index (χ0n) is 19.4. The lowest BCUT2D eigenvalue weighted by molar-refractivity contribution is 0.687. The number of aryl methyl sites for hydroxylation is 1. The second-order valence-electron chi connectivity index (χ2n) is 9.58.